The number of hydrogen-bond donors (Lipinski definition) is 0. The maximum absolute atomic E-state index is 12.3. The van der Waals surface area contributed by atoms with Gasteiger partial charge in [0.25, 0.3) is 0 Å². The fourth-order valence-electron chi connectivity index (χ4n) is 0.673. The van der Waals surface area contributed by atoms with Gasteiger partial charge >= 0.3 is 0 Å². The molecule has 0 aliphatic heterocycles. The number of carboxylic acids is 1. The number of carbonyl (C=O) groups excluding carboxylic acids is 1. The number of aliphatic carboxylic acids is 1. The van der Waals surface area contributed by atoms with Crippen molar-refractivity contribution in [1.29, 1.82) is 0 Å². The van der Waals surface area contributed by atoms with Gasteiger partial charge in [-0.3, -0.25) is 0 Å². The second-order valence-electron chi connectivity index (χ2n) is 2.11. The van der Waals surface area contributed by atoms with E-state index in [1.54, 1.807) is 0 Å². The zero-order valence-corrected chi connectivity index (χ0v) is 6.12. The molecule has 0 aliphatic carbocycles. The van der Waals surface area contributed by atoms with Crippen molar-refractivity contribution >= 4 is 5.97 Å². The van der Waals surface area contributed by atoms with Crippen molar-refractivity contribution in [3.8, 4) is 5.75 Å². The predicted octanol–water partition coefficient (Wildman–Crippen LogP) is -0.0456. The van der Waals surface area contributed by atoms with E-state index < -0.39 is 18.4 Å². The summed E-state index contributed by atoms with van der Waals surface area (Å²) in [7, 11) is 0. The first-order valence-electron chi connectivity index (χ1n) is 3.26. The van der Waals surface area contributed by atoms with E-state index in [2.05, 4.69) is 0 Å². The third-order valence-corrected chi connectivity index (χ3v) is 1.17. The SMILES string of the molecule is O=C([O-])COc1ccc(F)cc1. The van der Waals surface area contributed by atoms with E-state index in [9.17, 15) is 14.3 Å². The van der Waals surface area contributed by atoms with Crippen LogP contribution in [-0.2, 0) is 4.79 Å². The first-order valence-corrected chi connectivity index (χ1v) is 3.26. The van der Waals surface area contributed by atoms with Crippen molar-refractivity contribution in [2.75, 3.05) is 6.61 Å². The molecular weight excluding hydrogens is 163 g/mol. The van der Waals surface area contributed by atoms with Crippen molar-refractivity contribution in [1.82, 2.24) is 0 Å². The van der Waals surface area contributed by atoms with Crippen molar-refractivity contribution in [2.24, 2.45) is 0 Å². The number of hydrogen-bond acceptors (Lipinski definition) is 3. The minimum Gasteiger partial charge on any atom is -0.546 e. The molecule has 0 radical (unpaired) electrons. The Morgan fingerprint density at radius 2 is 2.00 bits per heavy atom. The molecule has 0 N–H and O–H groups in total. The molecule has 4 heteroatoms. The molecule has 1 rings (SSSR count). The van der Waals surface area contributed by atoms with Gasteiger partial charge in [-0.25, -0.2) is 4.39 Å². The zero-order valence-electron chi connectivity index (χ0n) is 6.12. The van der Waals surface area contributed by atoms with Crippen LogP contribution in [-0.4, -0.2) is 12.6 Å². The number of benzene rings is 1. The molecule has 0 fully saturated rings. The van der Waals surface area contributed by atoms with E-state index >= 15 is 0 Å². The second-order valence-corrected chi connectivity index (χ2v) is 2.11. The van der Waals surface area contributed by atoms with E-state index in [0.29, 0.717) is 5.75 Å². The molecule has 0 aliphatic rings. The Kier molecular flexibility index (Phi) is 2.63. The molecule has 1 aromatic carbocycles. The van der Waals surface area contributed by atoms with Gasteiger partial charge in [0.05, 0.1) is 5.97 Å². The normalized spacial score (nSPS) is 9.42. The second kappa shape index (κ2) is 3.71. The molecule has 0 aromatic heterocycles. The van der Waals surface area contributed by atoms with Gasteiger partial charge in [0.1, 0.15) is 18.2 Å². The summed E-state index contributed by atoms with van der Waals surface area (Å²) in [5.41, 5.74) is 0. The number of halogens is 1. The van der Waals surface area contributed by atoms with Crippen molar-refractivity contribution in [3.05, 3.63) is 30.1 Å². The first-order chi connectivity index (χ1) is 5.68. The van der Waals surface area contributed by atoms with Crippen LogP contribution in [0.3, 0.4) is 0 Å². The van der Waals surface area contributed by atoms with Crippen LogP contribution < -0.4 is 9.84 Å². The van der Waals surface area contributed by atoms with Crippen LogP contribution >= 0.6 is 0 Å². The number of rotatable bonds is 3. The molecule has 0 unspecified atom stereocenters. The van der Waals surface area contributed by atoms with E-state index in [4.69, 9.17) is 4.74 Å². The molecular formula is C8H6FO3-. The Bertz CT molecular complexity index is 268. The van der Waals surface area contributed by atoms with Gasteiger partial charge in [0.15, 0.2) is 0 Å². The van der Waals surface area contributed by atoms with Crippen molar-refractivity contribution < 1.29 is 19.0 Å². The summed E-state index contributed by atoms with van der Waals surface area (Å²) >= 11 is 0. The topological polar surface area (TPSA) is 49.4 Å². The lowest BCUT2D eigenvalue weighted by Crippen LogP contribution is -2.28. The average Bonchev–Trinajstić information content (AvgIpc) is 2.03. The fourth-order valence-corrected chi connectivity index (χ4v) is 0.673. The highest BCUT2D eigenvalue weighted by atomic mass is 19.1. The highest BCUT2D eigenvalue weighted by Crippen LogP contribution is 2.10. The van der Waals surface area contributed by atoms with Crippen LogP contribution in [0.15, 0.2) is 24.3 Å². The highest BCUT2D eigenvalue weighted by molar-refractivity contribution is 5.66. The number of carboxylic acid groups (broad SMARTS) is 1. The Labute approximate surface area is 68.4 Å². The quantitative estimate of drug-likeness (QED) is 0.637. The number of carbonyl (C=O) groups is 1. The summed E-state index contributed by atoms with van der Waals surface area (Å²) in [6.07, 6.45) is 0. The summed E-state index contributed by atoms with van der Waals surface area (Å²) in [6.45, 7) is -0.522. The Morgan fingerprint density at radius 3 is 2.50 bits per heavy atom. The largest absolute Gasteiger partial charge is 0.546 e. The first kappa shape index (κ1) is 8.52. The Morgan fingerprint density at radius 1 is 1.42 bits per heavy atom. The lowest BCUT2D eigenvalue weighted by molar-refractivity contribution is -0.307. The third kappa shape index (κ3) is 2.57. The third-order valence-electron chi connectivity index (χ3n) is 1.17. The molecule has 0 atom stereocenters. The minimum atomic E-state index is -1.31. The van der Waals surface area contributed by atoms with Crippen LogP contribution in [0.5, 0.6) is 5.75 Å². The van der Waals surface area contributed by atoms with E-state index in [0.717, 1.165) is 0 Å². The standard InChI is InChI=1S/C8H7FO3/c9-6-1-3-7(4-2-6)12-5-8(10)11/h1-4H,5H2,(H,10,11)/p-1. The smallest absolute Gasteiger partial charge is 0.128 e. The molecule has 0 heterocycles. The Hall–Kier alpha value is -1.58. The van der Waals surface area contributed by atoms with Crippen molar-refractivity contribution in [3.63, 3.8) is 0 Å². The summed E-state index contributed by atoms with van der Waals surface area (Å²) in [5, 5.41) is 9.93. The molecule has 0 amide bonds. The van der Waals surface area contributed by atoms with Gasteiger partial charge in [-0.15, -0.1) is 0 Å². The maximum atomic E-state index is 12.3. The maximum Gasteiger partial charge on any atom is 0.128 e. The van der Waals surface area contributed by atoms with Crippen LogP contribution in [0.4, 0.5) is 4.39 Å². The van der Waals surface area contributed by atoms with Gasteiger partial charge < -0.3 is 14.6 Å². The van der Waals surface area contributed by atoms with Gasteiger partial charge in [0, 0.05) is 0 Å². The summed E-state index contributed by atoms with van der Waals surface area (Å²) in [6, 6.07) is 5.06. The average molecular weight is 169 g/mol. The lowest BCUT2D eigenvalue weighted by Gasteiger charge is -2.05. The highest BCUT2D eigenvalue weighted by Gasteiger charge is 1.93. The molecule has 0 saturated heterocycles. The monoisotopic (exact) mass is 169 g/mol. The fraction of sp³-hybridized carbons (Fsp3) is 0.125. The molecule has 0 saturated carbocycles. The van der Waals surface area contributed by atoms with E-state index in [-0.39, 0.29) is 0 Å². The molecule has 0 spiro atoms. The molecule has 1 aromatic rings. The summed E-state index contributed by atoms with van der Waals surface area (Å²) in [4.78, 5) is 9.93. The molecule has 12 heavy (non-hydrogen) atoms. The van der Waals surface area contributed by atoms with Gasteiger partial charge in [-0.05, 0) is 24.3 Å². The predicted molar refractivity (Wildman–Crippen MR) is 36.9 cm³/mol. The van der Waals surface area contributed by atoms with Crippen LogP contribution in [0.1, 0.15) is 0 Å². The summed E-state index contributed by atoms with van der Waals surface area (Å²) in [5.74, 6) is -1.39. The molecule has 64 valence electrons. The van der Waals surface area contributed by atoms with Gasteiger partial charge in [0.2, 0.25) is 0 Å². The van der Waals surface area contributed by atoms with Crippen LogP contribution in [0, 0.1) is 5.82 Å². The molecule has 0 bridgehead atoms. The Balaban J connectivity index is 2.53. The zero-order chi connectivity index (χ0) is 8.97. The molecule has 3 nitrogen and oxygen atoms in total. The van der Waals surface area contributed by atoms with Gasteiger partial charge in [-0.2, -0.15) is 0 Å². The van der Waals surface area contributed by atoms with E-state index in [1.165, 1.54) is 24.3 Å². The number of ether oxygens (including phenoxy) is 1. The van der Waals surface area contributed by atoms with Crippen LogP contribution in [0.25, 0.3) is 0 Å². The van der Waals surface area contributed by atoms with E-state index in [1.807, 2.05) is 0 Å². The summed E-state index contributed by atoms with van der Waals surface area (Å²) < 4.78 is 17.0. The van der Waals surface area contributed by atoms with Gasteiger partial charge in [-0.1, -0.05) is 0 Å². The lowest BCUT2D eigenvalue weighted by atomic mass is 10.3. The minimum absolute atomic E-state index is 0.306. The van der Waals surface area contributed by atoms with Crippen LogP contribution in [0.2, 0.25) is 0 Å². The van der Waals surface area contributed by atoms with Crippen molar-refractivity contribution in [2.45, 2.75) is 0 Å².